The molecule has 0 spiro atoms. The van der Waals surface area contributed by atoms with Crippen molar-refractivity contribution in [1.82, 2.24) is 0 Å². The van der Waals surface area contributed by atoms with Gasteiger partial charge in [-0.2, -0.15) is 0 Å². The fourth-order valence-corrected chi connectivity index (χ4v) is 7.43. The summed E-state index contributed by atoms with van der Waals surface area (Å²) in [6.07, 6.45) is 42.3. The van der Waals surface area contributed by atoms with E-state index in [2.05, 4.69) is 34.6 Å². The maximum absolute atomic E-state index is 12.8. The van der Waals surface area contributed by atoms with E-state index in [0.29, 0.717) is 19.3 Å². The van der Waals surface area contributed by atoms with Gasteiger partial charge in [-0.3, -0.25) is 14.4 Å². The van der Waals surface area contributed by atoms with Crippen LogP contribution in [0, 0.1) is 11.8 Å². The van der Waals surface area contributed by atoms with E-state index in [-0.39, 0.29) is 31.1 Å². The lowest BCUT2D eigenvalue weighted by Gasteiger charge is -2.18. The summed E-state index contributed by atoms with van der Waals surface area (Å²) in [5, 5.41) is 0. The Labute approximate surface area is 348 Å². The zero-order valence-electron chi connectivity index (χ0n) is 38.3. The second-order valence-electron chi connectivity index (χ2n) is 17.8. The van der Waals surface area contributed by atoms with Gasteiger partial charge in [-0.15, -0.1) is 0 Å². The van der Waals surface area contributed by atoms with Crippen molar-refractivity contribution in [3.05, 3.63) is 0 Å². The molecule has 0 amide bonds. The minimum absolute atomic E-state index is 0.0648. The highest BCUT2D eigenvalue weighted by molar-refractivity contribution is 5.71. The smallest absolute Gasteiger partial charge is 0.306 e. The number of carbonyl (C=O) groups excluding carboxylic acids is 3. The standard InChI is InChI=1S/C50H96O6/c1-6-8-9-10-11-12-21-24-30-35-40-48(51)54-43-47(44-55-49(52)41-36-31-27-26-29-34-39-46(5)7-2)56-50(53)42-37-32-25-22-19-17-15-13-14-16-18-20-23-28-33-38-45(3)4/h45-47H,6-44H2,1-5H3/t46?,47-/m0/s1. The van der Waals surface area contributed by atoms with Gasteiger partial charge in [0.1, 0.15) is 13.2 Å². The van der Waals surface area contributed by atoms with E-state index in [1.54, 1.807) is 0 Å². The van der Waals surface area contributed by atoms with Crippen molar-refractivity contribution in [2.45, 2.75) is 278 Å². The SMILES string of the molecule is CCCCCCCCCCCCC(=O)OC[C@@H](COC(=O)CCCCCCCCC(C)CC)OC(=O)CCCCCCCCCCCCCCCCCC(C)C. The van der Waals surface area contributed by atoms with Crippen LogP contribution in [0.4, 0.5) is 0 Å². The first-order chi connectivity index (χ1) is 27.3. The van der Waals surface area contributed by atoms with E-state index in [4.69, 9.17) is 14.2 Å². The molecular formula is C50H96O6. The van der Waals surface area contributed by atoms with E-state index in [0.717, 1.165) is 69.6 Å². The molecule has 0 aromatic rings. The van der Waals surface area contributed by atoms with Crippen LogP contribution in [0.15, 0.2) is 0 Å². The Bertz CT molecular complexity index is 856. The molecule has 6 heteroatoms. The first-order valence-electron chi connectivity index (χ1n) is 24.8. The first kappa shape index (κ1) is 54.4. The zero-order chi connectivity index (χ0) is 41.2. The number of unbranched alkanes of at least 4 members (excludes halogenated alkanes) is 28. The molecule has 56 heavy (non-hydrogen) atoms. The molecule has 0 saturated carbocycles. The third kappa shape index (κ3) is 42.0. The molecule has 0 aliphatic rings. The van der Waals surface area contributed by atoms with Gasteiger partial charge in [0.05, 0.1) is 0 Å². The molecule has 2 atom stereocenters. The molecule has 0 saturated heterocycles. The monoisotopic (exact) mass is 793 g/mol. The van der Waals surface area contributed by atoms with Crippen molar-refractivity contribution in [2.24, 2.45) is 11.8 Å². The van der Waals surface area contributed by atoms with Gasteiger partial charge < -0.3 is 14.2 Å². The highest BCUT2D eigenvalue weighted by Crippen LogP contribution is 2.17. The molecule has 332 valence electrons. The third-order valence-corrected chi connectivity index (χ3v) is 11.6. The number of hydrogen-bond acceptors (Lipinski definition) is 6. The number of carbonyl (C=O) groups is 3. The zero-order valence-corrected chi connectivity index (χ0v) is 38.3. The molecule has 0 radical (unpaired) electrons. The first-order valence-corrected chi connectivity index (χ1v) is 24.8. The maximum Gasteiger partial charge on any atom is 0.306 e. The van der Waals surface area contributed by atoms with E-state index in [9.17, 15) is 14.4 Å². The number of hydrogen-bond donors (Lipinski definition) is 0. The van der Waals surface area contributed by atoms with Gasteiger partial charge in [0.15, 0.2) is 6.10 Å². The molecular weight excluding hydrogens is 697 g/mol. The van der Waals surface area contributed by atoms with Crippen molar-refractivity contribution in [2.75, 3.05) is 13.2 Å². The predicted octanol–water partition coefficient (Wildman–Crippen LogP) is 15.8. The van der Waals surface area contributed by atoms with Gasteiger partial charge in [0.2, 0.25) is 0 Å². The fourth-order valence-electron chi connectivity index (χ4n) is 7.43. The van der Waals surface area contributed by atoms with Gasteiger partial charge >= 0.3 is 17.9 Å². The van der Waals surface area contributed by atoms with Gasteiger partial charge in [0.25, 0.3) is 0 Å². The van der Waals surface area contributed by atoms with Crippen molar-refractivity contribution < 1.29 is 28.6 Å². The van der Waals surface area contributed by atoms with E-state index in [1.165, 1.54) is 161 Å². The molecule has 0 N–H and O–H groups in total. The lowest BCUT2D eigenvalue weighted by atomic mass is 10.00. The summed E-state index contributed by atoms with van der Waals surface area (Å²) in [5.74, 6) is 0.807. The van der Waals surface area contributed by atoms with Crippen molar-refractivity contribution in [3.63, 3.8) is 0 Å². The van der Waals surface area contributed by atoms with Gasteiger partial charge in [-0.05, 0) is 31.1 Å². The summed E-state index contributed by atoms with van der Waals surface area (Å²) < 4.78 is 16.7. The second-order valence-corrected chi connectivity index (χ2v) is 17.8. The summed E-state index contributed by atoms with van der Waals surface area (Å²) >= 11 is 0. The lowest BCUT2D eigenvalue weighted by Crippen LogP contribution is -2.30. The maximum atomic E-state index is 12.8. The minimum Gasteiger partial charge on any atom is -0.462 e. The Morgan fingerprint density at radius 1 is 0.375 bits per heavy atom. The summed E-state index contributed by atoms with van der Waals surface area (Å²) in [4.78, 5) is 37.8. The van der Waals surface area contributed by atoms with Gasteiger partial charge in [0, 0.05) is 19.3 Å². The highest BCUT2D eigenvalue weighted by atomic mass is 16.6. The Balaban J connectivity index is 4.27. The molecule has 1 unspecified atom stereocenters. The van der Waals surface area contributed by atoms with Crippen LogP contribution in [0.2, 0.25) is 0 Å². The molecule has 0 aliphatic heterocycles. The molecule has 0 bridgehead atoms. The topological polar surface area (TPSA) is 78.9 Å². The van der Waals surface area contributed by atoms with Crippen LogP contribution in [0.3, 0.4) is 0 Å². The highest BCUT2D eigenvalue weighted by Gasteiger charge is 2.19. The van der Waals surface area contributed by atoms with Crippen LogP contribution in [0.5, 0.6) is 0 Å². The fraction of sp³-hybridized carbons (Fsp3) is 0.940. The molecule has 0 heterocycles. The van der Waals surface area contributed by atoms with Crippen LogP contribution in [-0.4, -0.2) is 37.2 Å². The minimum atomic E-state index is -0.761. The Kier molecular flexibility index (Phi) is 41.8. The Hall–Kier alpha value is -1.59. The molecule has 6 nitrogen and oxygen atoms in total. The van der Waals surface area contributed by atoms with E-state index < -0.39 is 6.10 Å². The average molecular weight is 793 g/mol. The number of esters is 3. The Morgan fingerprint density at radius 2 is 0.679 bits per heavy atom. The summed E-state index contributed by atoms with van der Waals surface area (Å²) in [6, 6.07) is 0. The van der Waals surface area contributed by atoms with Crippen molar-refractivity contribution in [1.29, 1.82) is 0 Å². The molecule has 0 aromatic carbocycles. The van der Waals surface area contributed by atoms with Gasteiger partial charge in [-0.25, -0.2) is 0 Å². The average Bonchev–Trinajstić information content (AvgIpc) is 3.18. The third-order valence-electron chi connectivity index (χ3n) is 11.6. The molecule has 0 fully saturated rings. The van der Waals surface area contributed by atoms with Crippen LogP contribution in [0.25, 0.3) is 0 Å². The summed E-state index contributed by atoms with van der Waals surface area (Å²) in [7, 11) is 0. The van der Waals surface area contributed by atoms with Crippen molar-refractivity contribution in [3.8, 4) is 0 Å². The van der Waals surface area contributed by atoms with E-state index in [1.807, 2.05) is 0 Å². The van der Waals surface area contributed by atoms with Crippen LogP contribution in [-0.2, 0) is 28.6 Å². The lowest BCUT2D eigenvalue weighted by molar-refractivity contribution is -0.167. The van der Waals surface area contributed by atoms with Crippen LogP contribution < -0.4 is 0 Å². The molecule has 0 aromatic heterocycles. The quantitative estimate of drug-likeness (QED) is 0.0347. The van der Waals surface area contributed by atoms with Crippen LogP contribution in [0.1, 0.15) is 272 Å². The van der Waals surface area contributed by atoms with Gasteiger partial charge in [-0.1, -0.05) is 234 Å². The van der Waals surface area contributed by atoms with Crippen LogP contribution >= 0.6 is 0 Å². The Morgan fingerprint density at radius 3 is 1.02 bits per heavy atom. The summed E-state index contributed by atoms with van der Waals surface area (Å²) in [5.41, 5.74) is 0. The largest absolute Gasteiger partial charge is 0.462 e. The molecule has 0 rings (SSSR count). The molecule has 0 aliphatic carbocycles. The predicted molar refractivity (Wildman–Crippen MR) is 238 cm³/mol. The van der Waals surface area contributed by atoms with Crippen molar-refractivity contribution >= 4 is 17.9 Å². The number of ether oxygens (including phenoxy) is 3. The van der Waals surface area contributed by atoms with E-state index >= 15 is 0 Å². The normalized spacial score (nSPS) is 12.5. The summed E-state index contributed by atoms with van der Waals surface area (Å²) in [6.45, 7) is 11.3. The second kappa shape index (κ2) is 43.0. The number of rotatable bonds is 44.